The molecular weight excluding hydrogens is 835 g/mol. The highest BCUT2D eigenvalue weighted by atomic mass is 16.5. The third kappa shape index (κ3) is 9.12. The fourth-order valence-electron chi connectivity index (χ4n) is 9.74. The molecule has 6 amide bonds. The van der Waals surface area contributed by atoms with Gasteiger partial charge in [-0.2, -0.15) is 0 Å². The molecule has 4 aliphatic rings. The first-order valence-electron chi connectivity index (χ1n) is 22.3. The third-order valence-corrected chi connectivity index (χ3v) is 13.2. The van der Waals surface area contributed by atoms with Crippen LogP contribution in [0.1, 0.15) is 103 Å². The maximum Gasteiger partial charge on any atom is 0.411 e. The summed E-state index contributed by atoms with van der Waals surface area (Å²) in [7, 11) is 0. The van der Waals surface area contributed by atoms with E-state index in [1.54, 1.807) is 28.8 Å². The van der Waals surface area contributed by atoms with Gasteiger partial charge in [0.1, 0.15) is 30.2 Å². The third-order valence-electron chi connectivity index (χ3n) is 13.2. The molecule has 1 aromatic heterocycles. The molecule has 18 nitrogen and oxygen atoms in total. The number of carbonyl (C=O) groups excluding carboxylic acids is 6. The second-order valence-corrected chi connectivity index (χ2v) is 17.7. The van der Waals surface area contributed by atoms with Gasteiger partial charge in [0.15, 0.2) is 0 Å². The normalized spacial score (nSPS) is 18.6. The second kappa shape index (κ2) is 18.7. The van der Waals surface area contributed by atoms with Gasteiger partial charge in [-0.15, -0.1) is 10.2 Å². The minimum Gasteiger partial charge on any atom is -0.508 e. The number of ether oxygens (including phenoxy) is 1. The van der Waals surface area contributed by atoms with Gasteiger partial charge in [0.05, 0.1) is 23.3 Å². The second-order valence-electron chi connectivity index (χ2n) is 17.7. The lowest BCUT2D eigenvalue weighted by molar-refractivity contribution is -0.145. The van der Waals surface area contributed by atoms with Crippen LogP contribution in [0.4, 0.5) is 10.5 Å². The molecule has 0 bridgehead atoms. The van der Waals surface area contributed by atoms with Crippen LogP contribution in [0.5, 0.6) is 11.5 Å². The number of anilines is 1. The number of phenolic OH excluding ortho intramolecular Hbond substituents is 2. The van der Waals surface area contributed by atoms with Gasteiger partial charge in [-0.05, 0) is 112 Å². The van der Waals surface area contributed by atoms with E-state index in [0.717, 1.165) is 5.56 Å². The van der Waals surface area contributed by atoms with Gasteiger partial charge < -0.3 is 35.4 Å². The van der Waals surface area contributed by atoms with Crippen molar-refractivity contribution in [1.82, 2.24) is 40.5 Å². The Morgan fingerprint density at radius 3 is 2.37 bits per heavy atom. The van der Waals surface area contributed by atoms with Gasteiger partial charge in [0.2, 0.25) is 17.7 Å². The molecule has 4 aromatic rings. The average molecular weight is 890 g/mol. The zero-order valence-electron chi connectivity index (χ0n) is 36.8. The van der Waals surface area contributed by atoms with E-state index in [0.29, 0.717) is 110 Å². The number of benzene rings is 3. The van der Waals surface area contributed by atoms with Crippen molar-refractivity contribution in [2.75, 3.05) is 44.6 Å². The number of nitrogens with zero attached hydrogens (tertiary/aromatic N) is 5. The van der Waals surface area contributed by atoms with E-state index in [1.165, 1.54) is 23.6 Å². The molecule has 0 aliphatic carbocycles. The number of aromatic hydroxyl groups is 2. The largest absolute Gasteiger partial charge is 0.508 e. The van der Waals surface area contributed by atoms with Crippen molar-refractivity contribution in [3.8, 4) is 28.3 Å². The van der Waals surface area contributed by atoms with Crippen molar-refractivity contribution in [3.63, 3.8) is 0 Å². The number of likely N-dealkylation sites (tertiary alicyclic amines) is 1. The Morgan fingerprint density at radius 1 is 0.938 bits per heavy atom. The summed E-state index contributed by atoms with van der Waals surface area (Å²) >= 11 is 0. The topological polar surface area (TPSA) is 237 Å². The van der Waals surface area contributed by atoms with Crippen LogP contribution in [-0.2, 0) is 32.1 Å². The molecular formula is C47H55N9O9. The van der Waals surface area contributed by atoms with Crippen LogP contribution in [0, 0.1) is 11.3 Å². The van der Waals surface area contributed by atoms with Crippen molar-refractivity contribution in [2.24, 2.45) is 11.3 Å². The SMILES string of the molecule is CCNC(=O)c1cc(CC2(C(=O)N3CCC(COC(=O)Nc4cccc5c4CN(C4CCC(=O)NC4=O)C5=O)CC3)CCNCC2)cc(-c2cc(C(C)C)c(O)cc2O)c1-n1cnnc1. The van der Waals surface area contributed by atoms with Crippen molar-refractivity contribution >= 4 is 41.3 Å². The van der Waals surface area contributed by atoms with E-state index in [9.17, 15) is 39.0 Å². The Bertz CT molecular complexity index is 2510. The zero-order chi connectivity index (χ0) is 46.0. The summed E-state index contributed by atoms with van der Waals surface area (Å²) < 4.78 is 7.31. The number of hydrogen-bond donors (Lipinski definition) is 6. The van der Waals surface area contributed by atoms with Gasteiger partial charge in [0.25, 0.3) is 11.8 Å². The first kappa shape index (κ1) is 44.8. The Hall–Kier alpha value is -6.82. The maximum absolute atomic E-state index is 14.8. The fourth-order valence-corrected chi connectivity index (χ4v) is 9.74. The molecule has 3 fully saturated rings. The lowest BCUT2D eigenvalue weighted by Gasteiger charge is -2.42. The van der Waals surface area contributed by atoms with E-state index in [4.69, 9.17) is 4.74 Å². The van der Waals surface area contributed by atoms with Crippen LogP contribution in [-0.4, -0.2) is 116 Å². The molecule has 1 unspecified atom stereocenters. The predicted molar refractivity (Wildman–Crippen MR) is 237 cm³/mol. The number of imide groups is 1. The van der Waals surface area contributed by atoms with Crippen LogP contribution in [0.3, 0.4) is 0 Å². The number of carbonyl (C=O) groups is 6. The van der Waals surface area contributed by atoms with Crippen LogP contribution in [0.25, 0.3) is 16.8 Å². The molecule has 1 atom stereocenters. The highest BCUT2D eigenvalue weighted by Gasteiger charge is 2.44. The van der Waals surface area contributed by atoms with Crippen molar-refractivity contribution in [2.45, 2.75) is 84.2 Å². The number of rotatable bonds is 12. The van der Waals surface area contributed by atoms with E-state index >= 15 is 0 Å². The van der Waals surface area contributed by atoms with Crippen LogP contribution < -0.4 is 21.3 Å². The Morgan fingerprint density at radius 2 is 1.68 bits per heavy atom. The summed E-state index contributed by atoms with van der Waals surface area (Å²) in [5.41, 5.74) is 3.60. The molecule has 65 heavy (non-hydrogen) atoms. The molecule has 8 rings (SSSR count). The van der Waals surface area contributed by atoms with E-state index in [2.05, 4.69) is 31.5 Å². The fraction of sp³-hybridized carbons (Fsp3) is 0.447. The summed E-state index contributed by atoms with van der Waals surface area (Å²) in [5, 5.41) is 41.5. The molecule has 0 spiro atoms. The summed E-state index contributed by atoms with van der Waals surface area (Å²) in [4.78, 5) is 82.7. The molecule has 0 saturated carbocycles. The average Bonchev–Trinajstić information content (AvgIpc) is 3.94. The molecule has 3 aromatic carbocycles. The predicted octanol–water partition coefficient (Wildman–Crippen LogP) is 4.38. The van der Waals surface area contributed by atoms with Gasteiger partial charge in [-0.1, -0.05) is 19.9 Å². The van der Waals surface area contributed by atoms with Crippen molar-refractivity contribution in [1.29, 1.82) is 0 Å². The Labute approximate surface area is 376 Å². The number of aromatic nitrogens is 3. The first-order valence-corrected chi connectivity index (χ1v) is 22.3. The van der Waals surface area contributed by atoms with Crippen molar-refractivity contribution in [3.05, 3.63) is 82.9 Å². The molecule has 0 radical (unpaired) electrons. The van der Waals surface area contributed by atoms with Crippen molar-refractivity contribution < 1.29 is 43.7 Å². The summed E-state index contributed by atoms with van der Waals surface area (Å²) in [6.07, 6.45) is 5.34. The number of nitrogens with one attached hydrogen (secondary N) is 4. The highest BCUT2D eigenvalue weighted by molar-refractivity contribution is 6.06. The van der Waals surface area contributed by atoms with E-state index < -0.39 is 23.5 Å². The summed E-state index contributed by atoms with van der Waals surface area (Å²) in [6, 6.07) is 11.0. The molecule has 18 heteroatoms. The lowest BCUT2D eigenvalue weighted by atomic mass is 9.72. The maximum atomic E-state index is 14.8. The van der Waals surface area contributed by atoms with Gasteiger partial charge >= 0.3 is 6.09 Å². The first-order chi connectivity index (χ1) is 31.3. The van der Waals surface area contributed by atoms with Gasteiger partial charge in [-0.25, -0.2) is 4.79 Å². The smallest absolute Gasteiger partial charge is 0.411 e. The summed E-state index contributed by atoms with van der Waals surface area (Å²) in [6.45, 7) is 8.51. The number of amides is 6. The monoisotopic (exact) mass is 889 g/mol. The molecule has 342 valence electrons. The molecule has 5 heterocycles. The highest BCUT2D eigenvalue weighted by Crippen LogP contribution is 2.44. The lowest BCUT2D eigenvalue weighted by Crippen LogP contribution is -2.52. The number of phenols is 2. The van der Waals surface area contributed by atoms with Gasteiger partial charge in [-0.3, -0.25) is 39.2 Å². The minimum atomic E-state index is -0.798. The number of hydrogen-bond acceptors (Lipinski definition) is 12. The quantitative estimate of drug-likeness (QED) is 0.109. The van der Waals surface area contributed by atoms with Gasteiger partial charge in [0, 0.05) is 66.6 Å². The number of piperidine rings is 3. The van der Waals surface area contributed by atoms with Crippen LogP contribution in [0.2, 0.25) is 0 Å². The standard InChI is InChI=1S/C47H55N9O9/c1-4-49-42(60)34-19-29(18-33(41(34)55-25-50-51-26-55)32-20-31(27(2)3)38(57)21-39(32)58)22-47(12-14-48-15-13-47)45(63)54-16-10-28(11-17-54)24-65-46(64)52-36-7-5-6-30-35(36)23-56(44(30)62)37-8-9-40(59)53-43(37)61/h5-7,18-21,25-28,37,48,57-58H,4,8-17,22-24H2,1-3H3,(H,49,60)(H,52,64)(H,53,59,61). The number of fused-ring (bicyclic) bond motifs is 1. The Kier molecular flexibility index (Phi) is 12.9. The minimum absolute atomic E-state index is 0.000904. The van der Waals surface area contributed by atoms with E-state index in [1.807, 2.05) is 37.8 Å². The molecule has 3 saturated heterocycles. The van der Waals surface area contributed by atoms with E-state index in [-0.39, 0.29) is 73.0 Å². The summed E-state index contributed by atoms with van der Waals surface area (Å²) in [5.74, 6) is -1.84. The Balaban J connectivity index is 0.969. The zero-order valence-corrected chi connectivity index (χ0v) is 36.8. The van der Waals surface area contributed by atoms with Crippen LogP contribution in [0.15, 0.2) is 55.1 Å². The van der Waals surface area contributed by atoms with Crippen LogP contribution >= 0.6 is 0 Å². The molecule has 4 aliphatic heterocycles. The molecule has 6 N–H and O–H groups in total.